The van der Waals surface area contributed by atoms with Crippen LogP contribution >= 0.6 is 0 Å². The van der Waals surface area contributed by atoms with Crippen molar-refractivity contribution in [2.24, 2.45) is 4.99 Å². The number of anilines is 1. The minimum Gasteiger partial charge on any atom is -0.347 e. The molecule has 1 aliphatic heterocycles. The van der Waals surface area contributed by atoms with Crippen LogP contribution in [0.3, 0.4) is 0 Å². The van der Waals surface area contributed by atoms with E-state index in [0.717, 1.165) is 5.71 Å². The lowest BCUT2D eigenvalue weighted by Gasteiger charge is -2.49. The first-order valence-corrected chi connectivity index (χ1v) is 9.49. The van der Waals surface area contributed by atoms with Gasteiger partial charge in [-0.3, -0.25) is 4.99 Å². The Morgan fingerprint density at radius 1 is 0.704 bits per heavy atom. The minimum absolute atomic E-state index is 0.103. The number of nitrogens with zero attached hydrogens (tertiary/aromatic N) is 2. The molecule has 0 atom stereocenters. The largest absolute Gasteiger partial charge is 0.347 e. The Labute approximate surface area is 162 Å². The number of para-hydroxylation sites is 1. The summed E-state index contributed by atoms with van der Waals surface area (Å²) in [5.74, 6) is 0. The van der Waals surface area contributed by atoms with Gasteiger partial charge >= 0.3 is 0 Å². The first kappa shape index (κ1) is 17.5. The maximum atomic E-state index is 4.87. The molecule has 27 heavy (non-hydrogen) atoms. The smallest absolute Gasteiger partial charge is 0.134 e. The molecule has 0 unspecified atom stereocenters. The number of benzene rings is 3. The van der Waals surface area contributed by atoms with Gasteiger partial charge in [0.15, 0.2) is 0 Å². The molecule has 136 valence electrons. The standard InChI is InChI=1S/C25H26N2/c1-24(2,3)27-22-18-12-11-17-21(22)23(26-4)25(27,19-13-7-5-8-14-19)20-15-9-6-10-16-20/h5-18H,1-4H3/b26-23-. The quantitative estimate of drug-likeness (QED) is 0.579. The lowest BCUT2D eigenvalue weighted by atomic mass is 9.76. The number of aliphatic imine (C=N–C) groups is 1. The van der Waals surface area contributed by atoms with Crippen LogP contribution in [0, 0.1) is 0 Å². The van der Waals surface area contributed by atoms with Gasteiger partial charge in [-0.25, -0.2) is 0 Å². The van der Waals surface area contributed by atoms with Gasteiger partial charge in [-0.2, -0.15) is 0 Å². The lowest BCUT2D eigenvalue weighted by molar-refractivity contribution is 0.440. The van der Waals surface area contributed by atoms with Crippen molar-refractivity contribution < 1.29 is 0 Å². The molecule has 3 aromatic carbocycles. The SMILES string of the molecule is C/N=C1/c2ccccc2N(C(C)(C)C)C1(c1ccccc1)c1ccccc1. The highest BCUT2D eigenvalue weighted by molar-refractivity contribution is 6.19. The Kier molecular flexibility index (Phi) is 4.15. The molecule has 0 amide bonds. The molecule has 0 bridgehead atoms. The third-order valence-electron chi connectivity index (χ3n) is 5.36. The number of hydrogen-bond acceptors (Lipinski definition) is 2. The molecular formula is C25H26N2. The fourth-order valence-corrected chi connectivity index (χ4v) is 4.55. The third-order valence-corrected chi connectivity index (χ3v) is 5.36. The van der Waals surface area contributed by atoms with Crippen LogP contribution in [-0.2, 0) is 5.54 Å². The van der Waals surface area contributed by atoms with Crippen molar-refractivity contribution in [3.8, 4) is 0 Å². The summed E-state index contributed by atoms with van der Waals surface area (Å²) in [6, 6.07) is 30.2. The summed E-state index contributed by atoms with van der Waals surface area (Å²) in [7, 11) is 1.92. The normalized spacial score (nSPS) is 17.2. The van der Waals surface area contributed by atoms with Crippen LogP contribution in [0.2, 0.25) is 0 Å². The highest BCUT2D eigenvalue weighted by Crippen LogP contribution is 2.52. The van der Waals surface area contributed by atoms with E-state index in [2.05, 4.69) is 111 Å². The van der Waals surface area contributed by atoms with E-state index in [0.29, 0.717) is 0 Å². The molecule has 0 spiro atoms. The number of hydrogen-bond donors (Lipinski definition) is 0. The average molecular weight is 354 g/mol. The average Bonchev–Trinajstić information content (AvgIpc) is 3.00. The lowest BCUT2D eigenvalue weighted by Crippen LogP contribution is -2.56. The summed E-state index contributed by atoms with van der Waals surface area (Å²) in [6.45, 7) is 6.84. The molecule has 3 aromatic rings. The second-order valence-electron chi connectivity index (χ2n) is 8.04. The van der Waals surface area contributed by atoms with Gasteiger partial charge in [0.25, 0.3) is 0 Å². The van der Waals surface area contributed by atoms with Crippen LogP contribution < -0.4 is 4.90 Å². The van der Waals surface area contributed by atoms with Crippen LogP contribution in [0.1, 0.15) is 37.5 Å². The van der Waals surface area contributed by atoms with E-state index in [1.54, 1.807) is 0 Å². The third kappa shape index (κ3) is 2.51. The summed E-state index contributed by atoms with van der Waals surface area (Å²) >= 11 is 0. The van der Waals surface area contributed by atoms with E-state index in [1.165, 1.54) is 22.4 Å². The maximum absolute atomic E-state index is 4.87. The molecule has 1 heterocycles. The van der Waals surface area contributed by atoms with Crippen LogP contribution in [-0.4, -0.2) is 18.3 Å². The van der Waals surface area contributed by atoms with Crippen LogP contribution in [0.25, 0.3) is 0 Å². The first-order valence-electron chi connectivity index (χ1n) is 9.49. The van der Waals surface area contributed by atoms with E-state index in [1.807, 2.05) is 7.05 Å². The molecular weight excluding hydrogens is 328 g/mol. The van der Waals surface area contributed by atoms with Crippen molar-refractivity contribution in [3.63, 3.8) is 0 Å². The van der Waals surface area contributed by atoms with E-state index in [4.69, 9.17) is 4.99 Å². The van der Waals surface area contributed by atoms with Crippen molar-refractivity contribution in [2.75, 3.05) is 11.9 Å². The molecule has 0 saturated carbocycles. The molecule has 2 heteroatoms. The molecule has 0 N–H and O–H groups in total. The Bertz CT molecular complexity index is 926. The second-order valence-corrected chi connectivity index (χ2v) is 8.04. The van der Waals surface area contributed by atoms with Crippen LogP contribution in [0.4, 0.5) is 5.69 Å². The van der Waals surface area contributed by atoms with Gasteiger partial charge in [-0.1, -0.05) is 78.9 Å². The molecule has 0 fully saturated rings. The van der Waals surface area contributed by atoms with E-state index < -0.39 is 5.54 Å². The Hall–Kier alpha value is -2.87. The Morgan fingerprint density at radius 2 is 1.19 bits per heavy atom. The molecule has 1 aliphatic rings. The molecule has 4 rings (SSSR count). The van der Waals surface area contributed by atoms with Crippen molar-refractivity contribution >= 4 is 11.4 Å². The molecule has 0 saturated heterocycles. The van der Waals surface area contributed by atoms with E-state index in [-0.39, 0.29) is 5.54 Å². The van der Waals surface area contributed by atoms with E-state index >= 15 is 0 Å². The summed E-state index contributed by atoms with van der Waals surface area (Å²) in [6.07, 6.45) is 0. The zero-order valence-electron chi connectivity index (χ0n) is 16.5. The molecule has 2 nitrogen and oxygen atoms in total. The Morgan fingerprint density at radius 3 is 1.67 bits per heavy atom. The molecule has 0 aliphatic carbocycles. The monoisotopic (exact) mass is 354 g/mol. The van der Waals surface area contributed by atoms with Crippen molar-refractivity contribution in [2.45, 2.75) is 31.8 Å². The number of fused-ring (bicyclic) bond motifs is 1. The highest BCUT2D eigenvalue weighted by atomic mass is 15.3. The predicted molar refractivity (Wildman–Crippen MR) is 115 cm³/mol. The predicted octanol–water partition coefficient (Wildman–Crippen LogP) is 5.67. The minimum atomic E-state index is -0.459. The number of rotatable bonds is 2. The topological polar surface area (TPSA) is 15.6 Å². The van der Waals surface area contributed by atoms with Gasteiger partial charge in [0.2, 0.25) is 0 Å². The van der Waals surface area contributed by atoms with Gasteiger partial charge in [0.05, 0.1) is 5.71 Å². The zero-order valence-corrected chi connectivity index (χ0v) is 16.5. The molecule has 0 aromatic heterocycles. The fourth-order valence-electron chi connectivity index (χ4n) is 4.55. The van der Waals surface area contributed by atoms with Gasteiger partial charge in [-0.05, 0) is 38.0 Å². The van der Waals surface area contributed by atoms with Crippen LogP contribution in [0.15, 0.2) is 89.9 Å². The van der Waals surface area contributed by atoms with Crippen LogP contribution in [0.5, 0.6) is 0 Å². The van der Waals surface area contributed by atoms with Crippen molar-refractivity contribution in [3.05, 3.63) is 102 Å². The Balaban J connectivity index is 2.17. The van der Waals surface area contributed by atoms with Gasteiger partial charge in [0, 0.05) is 23.8 Å². The summed E-state index contributed by atoms with van der Waals surface area (Å²) in [5.41, 5.74) is 5.46. The van der Waals surface area contributed by atoms with Crippen molar-refractivity contribution in [1.82, 2.24) is 0 Å². The summed E-state index contributed by atoms with van der Waals surface area (Å²) in [4.78, 5) is 7.42. The summed E-state index contributed by atoms with van der Waals surface area (Å²) < 4.78 is 0. The van der Waals surface area contributed by atoms with Gasteiger partial charge in [0.1, 0.15) is 5.54 Å². The fraction of sp³-hybridized carbons (Fsp3) is 0.240. The highest BCUT2D eigenvalue weighted by Gasteiger charge is 2.54. The van der Waals surface area contributed by atoms with E-state index in [9.17, 15) is 0 Å². The second kappa shape index (κ2) is 6.38. The summed E-state index contributed by atoms with van der Waals surface area (Å²) in [5, 5.41) is 0. The van der Waals surface area contributed by atoms with Crippen molar-refractivity contribution in [1.29, 1.82) is 0 Å². The maximum Gasteiger partial charge on any atom is 0.134 e. The zero-order chi connectivity index (χ0) is 19.1. The van der Waals surface area contributed by atoms with Gasteiger partial charge < -0.3 is 4.90 Å². The van der Waals surface area contributed by atoms with Gasteiger partial charge in [-0.15, -0.1) is 0 Å². The first-order chi connectivity index (χ1) is 13.0. The molecule has 0 radical (unpaired) electrons.